The van der Waals surface area contributed by atoms with Crippen LogP contribution in [0.5, 0.6) is 5.88 Å². The number of benzene rings is 1. The predicted octanol–water partition coefficient (Wildman–Crippen LogP) is 3.61. The third-order valence-corrected chi connectivity index (χ3v) is 4.93. The molecule has 0 spiro atoms. The maximum atomic E-state index is 5.25. The third kappa shape index (κ3) is 4.09. The number of hydrogen-bond acceptors (Lipinski definition) is 4. The molecule has 1 atom stereocenters. The van der Waals surface area contributed by atoms with Crippen molar-refractivity contribution in [1.82, 2.24) is 14.8 Å². The molecule has 2 aromatic rings. The molecule has 1 fully saturated rings. The van der Waals surface area contributed by atoms with Gasteiger partial charge in [-0.1, -0.05) is 36.4 Å². The van der Waals surface area contributed by atoms with Crippen molar-refractivity contribution in [3.63, 3.8) is 0 Å². The Morgan fingerprint density at radius 3 is 2.84 bits per heavy atom. The number of ether oxygens (including phenoxy) is 1. The summed E-state index contributed by atoms with van der Waals surface area (Å²) in [5.41, 5.74) is 5.00. The summed E-state index contributed by atoms with van der Waals surface area (Å²) in [5.74, 6) is 0.677. The van der Waals surface area contributed by atoms with Crippen LogP contribution >= 0.6 is 0 Å². The summed E-state index contributed by atoms with van der Waals surface area (Å²) in [7, 11) is 3.87. The van der Waals surface area contributed by atoms with Crippen molar-refractivity contribution in [2.75, 3.05) is 33.8 Å². The van der Waals surface area contributed by atoms with E-state index in [0.717, 1.165) is 31.8 Å². The number of likely N-dealkylation sites (N-methyl/N-ethyl adjacent to an activating group) is 1. The van der Waals surface area contributed by atoms with Gasteiger partial charge in [-0.05, 0) is 36.7 Å². The predicted molar refractivity (Wildman–Crippen MR) is 103 cm³/mol. The van der Waals surface area contributed by atoms with Gasteiger partial charge in [-0.25, -0.2) is 4.98 Å². The van der Waals surface area contributed by atoms with Crippen molar-refractivity contribution in [1.29, 1.82) is 0 Å². The average Bonchev–Trinajstić information content (AvgIpc) is 2.63. The zero-order valence-electron chi connectivity index (χ0n) is 15.4. The van der Waals surface area contributed by atoms with Gasteiger partial charge in [0.2, 0.25) is 5.88 Å². The molecule has 1 aliphatic heterocycles. The minimum Gasteiger partial charge on any atom is -0.481 e. The largest absolute Gasteiger partial charge is 0.481 e. The second-order valence-corrected chi connectivity index (χ2v) is 6.81. The summed E-state index contributed by atoms with van der Waals surface area (Å²) >= 11 is 0. The Morgan fingerprint density at radius 1 is 1.28 bits per heavy atom. The van der Waals surface area contributed by atoms with Crippen LogP contribution in [0, 0.1) is 0 Å². The van der Waals surface area contributed by atoms with Crippen LogP contribution in [-0.2, 0) is 6.54 Å². The molecule has 1 saturated heterocycles. The van der Waals surface area contributed by atoms with Gasteiger partial charge in [-0.2, -0.15) is 0 Å². The van der Waals surface area contributed by atoms with Crippen LogP contribution in [0.15, 0.2) is 49.2 Å². The van der Waals surface area contributed by atoms with Crippen LogP contribution in [-0.4, -0.2) is 48.6 Å². The lowest BCUT2D eigenvalue weighted by molar-refractivity contribution is 0.0903. The molecule has 4 heteroatoms. The van der Waals surface area contributed by atoms with Crippen LogP contribution in [0.4, 0.5) is 0 Å². The fourth-order valence-electron chi connectivity index (χ4n) is 3.50. The molecule has 3 rings (SSSR count). The Bertz CT molecular complexity index is 743. The van der Waals surface area contributed by atoms with Crippen LogP contribution < -0.4 is 4.74 Å². The van der Waals surface area contributed by atoms with E-state index in [4.69, 9.17) is 4.74 Å². The van der Waals surface area contributed by atoms with Crippen molar-refractivity contribution in [2.45, 2.75) is 19.5 Å². The molecule has 0 aliphatic carbocycles. The minimum atomic E-state index is 0.380. The molecular formula is C21H27N3O. The lowest BCUT2D eigenvalue weighted by atomic mass is 9.94. The van der Waals surface area contributed by atoms with Crippen molar-refractivity contribution >= 4 is 5.57 Å². The quantitative estimate of drug-likeness (QED) is 0.833. The van der Waals surface area contributed by atoms with Crippen LogP contribution in [0.25, 0.3) is 5.57 Å². The molecular weight excluding hydrogens is 310 g/mol. The van der Waals surface area contributed by atoms with Crippen molar-refractivity contribution in [3.05, 3.63) is 65.9 Å². The Kier molecular flexibility index (Phi) is 5.51. The summed E-state index contributed by atoms with van der Waals surface area (Å²) in [4.78, 5) is 9.16. The summed E-state index contributed by atoms with van der Waals surface area (Å²) in [6.45, 7) is 10.3. The van der Waals surface area contributed by atoms with Gasteiger partial charge in [0.1, 0.15) is 0 Å². The van der Waals surface area contributed by atoms with E-state index < -0.39 is 0 Å². The molecule has 25 heavy (non-hydrogen) atoms. The smallest absolute Gasteiger partial charge is 0.213 e. The normalized spacial score (nSPS) is 18.9. The van der Waals surface area contributed by atoms with E-state index in [2.05, 4.69) is 65.7 Å². The highest BCUT2D eigenvalue weighted by atomic mass is 16.5. The van der Waals surface area contributed by atoms with Crippen LogP contribution in [0.2, 0.25) is 0 Å². The van der Waals surface area contributed by atoms with Crippen molar-refractivity contribution < 1.29 is 4.74 Å². The first kappa shape index (κ1) is 17.6. The first-order chi connectivity index (χ1) is 12.1. The standard InChI is InChI=1S/C21H27N3O/c1-16(2)18-7-5-6-8-19(18)20-15-24(12-11-23(20)3)14-17-9-10-22-21(13-17)25-4/h5-10,13,20H,1,11-12,14-15H2,2-4H3. The Morgan fingerprint density at radius 2 is 2.08 bits per heavy atom. The molecule has 0 radical (unpaired) electrons. The molecule has 1 unspecified atom stereocenters. The number of allylic oxidation sites excluding steroid dienone is 1. The fourth-order valence-corrected chi connectivity index (χ4v) is 3.50. The highest BCUT2D eigenvalue weighted by Crippen LogP contribution is 2.30. The second-order valence-electron chi connectivity index (χ2n) is 6.81. The van der Waals surface area contributed by atoms with E-state index in [-0.39, 0.29) is 0 Å². The maximum Gasteiger partial charge on any atom is 0.213 e. The number of pyridine rings is 1. The summed E-state index contributed by atoms with van der Waals surface area (Å²) in [6, 6.07) is 13.1. The van der Waals surface area contributed by atoms with Gasteiger partial charge >= 0.3 is 0 Å². The fraction of sp³-hybridized carbons (Fsp3) is 0.381. The van der Waals surface area contributed by atoms with E-state index in [9.17, 15) is 0 Å². The molecule has 0 N–H and O–H groups in total. The lowest BCUT2D eigenvalue weighted by Crippen LogP contribution is -2.46. The number of piperazine rings is 1. The minimum absolute atomic E-state index is 0.380. The first-order valence-electron chi connectivity index (χ1n) is 8.75. The van der Waals surface area contributed by atoms with Crippen molar-refractivity contribution in [2.24, 2.45) is 0 Å². The molecule has 4 nitrogen and oxygen atoms in total. The Hall–Kier alpha value is -2.17. The molecule has 2 heterocycles. The lowest BCUT2D eigenvalue weighted by Gasteiger charge is -2.40. The molecule has 132 valence electrons. The van der Waals surface area contributed by atoms with E-state index >= 15 is 0 Å². The molecule has 1 aromatic carbocycles. The van der Waals surface area contributed by atoms with Crippen molar-refractivity contribution in [3.8, 4) is 5.88 Å². The maximum absolute atomic E-state index is 5.25. The molecule has 0 amide bonds. The van der Waals surface area contributed by atoms with E-state index in [1.807, 2.05) is 12.3 Å². The van der Waals surface area contributed by atoms with Gasteiger partial charge in [0.25, 0.3) is 0 Å². The highest BCUT2D eigenvalue weighted by Gasteiger charge is 2.27. The van der Waals surface area contributed by atoms with Crippen LogP contribution in [0.1, 0.15) is 29.7 Å². The van der Waals surface area contributed by atoms with Gasteiger partial charge in [0.15, 0.2) is 0 Å². The van der Waals surface area contributed by atoms with Gasteiger partial charge in [0.05, 0.1) is 7.11 Å². The Balaban J connectivity index is 1.79. The highest BCUT2D eigenvalue weighted by molar-refractivity contribution is 5.65. The second kappa shape index (κ2) is 7.81. The number of aromatic nitrogens is 1. The monoisotopic (exact) mass is 337 g/mol. The summed E-state index contributed by atoms with van der Waals surface area (Å²) < 4.78 is 5.25. The van der Waals surface area contributed by atoms with Gasteiger partial charge in [0, 0.05) is 44.5 Å². The third-order valence-electron chi connectivity index (χ3n) is 4.93. The van der Waals surface area contributed by atoms with Crippen LogP contribution in [0.3, 0.4) is 0 Å². The molecule has 0 saturated carbocycles. The summed E-state index contributed by atoms with van der Waals surface area (Å²) in [6.07, 6.45) is 1.82. The Labute approximate surface area is 150 Å². The van der Waals surface area contributed by atoms with E-state index in [1.165, 1.54) is 16.7 Å². The zero-order chi connectivity index (χ0) is 17.8. The van der Waals surface area contributed by atoms with E-state index in [1.54, 1.807) is 7.11 Å². The number of methoxy groups -OCH3 is 1. The number of rotatable bonds is 5. The van der Waals surface area contributed by atoms with Gasteiger partial charge in [-0.15, -0.1) is 0 Å². The SMILES string of the molecule is C=C(C)c1ccccc1C1CN(Cc2ccnc(OC)c2)CCN1C. The number of hydrogen-bond donors (Lipinski definition) is 0. The topological polar surface area (TPSA) is 28.6 Å². The number of nitrogens with zero attached hydrogens (tertiary/aromatic N) is 3. The van der Waals surface area contributed by atoms with Gasteiger partial charge in [-0.3, -0.25) is 9.80 Å². The first-order valence-corrected chi connectivity index (χ1v) is 8.75. The van der Waals surface area contributed by atoms with E-state index in [0.29, 0.717) is 11.9 Å². The summed E-state index contributed by atoms with van der Waals surface area (Å²) in [5, 5.41) is 0. The average molecular weight is 337 g/mol. The molecule has 1 aliphatic rings. The zero-order valence-corrected chi connectivity index (χ0v) is 15.4. The van der Waals surface area contributed by atoms with Gasteiger partial charge < -0.3 is 4.74 Å². The molecule has 1 aromatic heterocycles. The molecule has 0 bridgehead atoms.